The largest absolute Gasteiger partial charge is 0.461 e. The molecule has 16 heavy (non-hydrogen) atoms. The highest BCUT2D eigenvalue weighted by Gasteiger charge is 2.21. The number of esters is 1. The molecule has 1 unspecified atom stereocenters. The van der Waals surface area contributed by atoms with Crippen LogP contribution in [0, 0.1) is 6.92 Å². The van der Waals surface area contributed by atoms with Crippen LogP contribution < -0.4 is 4.74 Å². The van der Waals surface area contributed by atoms with Crippen LogP contribution in [0.2, 0.25) is 0 Å². The number of benzene rings is 1. The van der Waals surface area contributed by atoms with Crippen LogP contribution in [0.4, 0.5) is 4.39 Å². The summed E-state index contributed by atoms with van der Waals surface area (Å²) in [6.07, 6.45) is -2.10. The molecule has 0 spiro atoms. The average Bonchev–Trinajstić information content (AvgIpc) is 2.22. The predicted octanol–water partition coefficient (Wildman–Crippen LogP) is 3.00. The molecule has 1 aromatic carbocycles. The fourth-order valence-corrected chi connectivity index (χ4v) is 1.66. The summed E-state index contributed by atoms with van der Waals surface area (Å²) < 4.78 is 23.1. The lowest BCUT2D eigenvalue weighted by molar-refractivity contribution is -0.159. The van der Waals surface area contributed by atoms with Gasteiger partial charge in [-0.3, -0.25) is 0 Å². The van der Waals surface area contributed by atoms with Gasteiger partial charge >= 0.3 is 12.3 Å². The Labute approximate surface area is 102 Å². The standard InChI is InChI=1S/C11H12BrFO3/c1-3-15-11(14)10(13)16-9-5-4-7(2)6-8(9)12/h4-6,10H,3H2,1-2H3. The van der Waals surface area contributed by atoms with E-state index in [9.17, 15) is 9.18 Å². The van der Waals surface area contributed by atoms with Gasteiger partial charge in [-0.05, 0) is 47.5 Å². The van der Waals surface area contributed by atoms with Crippen LogP contribution in [0.5, 0.6) is 5.75 Å². The Morgan fingerprint density at radius 1 is 1.56 bits per heavy atom. The third kappa shape index (κ3) is 3.48. The van der Waals surface area contributed by atoms with Crippen LogP contribution in [0.1, 0.15) is 12.5 Å². The van der Waals surface area contributed by atoms with Gasteiger partial charge in [-0.2, -0.15) is 4.39 Å². The molecule has 0 aliphatic rings. The van der Waals surface area contributed by atoms with Crippen molar-refractivity contribution in [2.45, 2.75) is 20.2 Å². The van der Waals surface area contributed by atoms with E-state index in [-0.39, 0.29) is 12.4 Å². The molecular formula is C11H12BrFO3. The average molecular weight is 291 g/mol. The molecule has 0 aliphatic carbocycles. The zero-order valence-electron chi connectivity index (χ0n) is 9.00. The maximum Gasteiger partial charge on any atom is 0.381 e. The summed E-state index contributed by atoms with van der Waals surface area (Å²) in [6.45, 7) is 3.62. The molecule has 0 N–H and O–H groups in total. The highest BCUT2D eigenvalue weighted by Crippen LogP contribution is 2.27. The van der Waals surface area contributed by atoms with Crippen LogP contribution in [0.25, 0.3) is 0 Å². The summed E-state index contributed by atoms with van der Waals surface area (Å²) in [7, 11) is 0. The van der Waals surface area contributed by atoms with E-state index in [0.29, 0.717) is 4.47 Å². The fourth-order valence-electron chi connectivity index (χ4n) is 1.07. The topological polar surface area (TPSA) is 35.5 Å². The molecule has 0 bridgehead atoms. The number of aryl methyl sites for hydroxylation is 1. The summed E-state index contributed by atoms with van der Waals surface area (Å²) >= 11 is 3.22. The molecule has 0 saturated heterocycles. The van der Waals surface area contributed by atoms with E-state index in [1.165, 1.54) is 0 Å². The first-order valence-electron chi connectivity index (χ1n) is 4.78. The third-order valence-corrected chi connectivity index (χ3v) is 2.41. The third-order valence-electron chi connectivity index (χ3n) is 1.79. The molecule has 88 valence electrons. The Bertz CT molecular complexity index is 381. The molecule has 0 fully saturated rings. The summed E-state index contributed by atoms with van der Waals surface area (Å²) in [5, 5.41) is 0. The molecule has 1 atom stereocenters. The number of hydrogen-bond donors (Lipinski definition) is 0. The molecule has 1 aromatic rings. The monoisotopic (exact) mass is 290 g/mol. The van der Waals surface area contributed by atoms with Gasteiger partial charge in [0.2, 0.25) is 0 Å². The smallest absolute Gasteiger partial charge is 0.381 e. The Morgan fingerprint density at radius 3 is 2.81 bits per heavy atom. The summed E-state index contributed by atoms with van der Waals surface area (Å²) in [6, 6.07) is 5.12. The van der Waals surface area contributed by atoms with Crippen molar-refractivity contribution in [1.82, 2.24) is 0 Å². The first kappa shape index (κ1) is 13.0. The zero-order valence-corrected chi connectivity index (χ0v) is 10.6. The molecule has 0 aromatic heterocycles. The Hall–Kier alpha value is -1.10. The molecule has 0 aliphatic heterocycles. The van der Waals surface area contributed by atoms with Crippen molar-refractivity contribution in [3.8, 4) is 5.75 Å². The second-order valence-corrected chi connectivity index (χ2v) is 3.97. The number of halogens is 2. The van der Waals surface area contributed by atoms with Crippen molar-refractivity contribution < 1.29 is 18.7 Å². The fraction of sp³-hybridized carbons (Fsp3) is 0.364. The van der Waals surface area contributed by atoms with Gasteiger partial charge in [0.15, 0.2) is 0 Å². The predicted molar refractivity (Wildman–Crippen MR) is 61.0 cm³/mol. The number of alkyl halides is 1. The van der Waals surface area contributed by atoms with E-state index < -0.39 is 12.3 Å². The molecule has 5 heteroatoms. The van der Waals surface area contributed by atoms with Crippen LogP contribution in [0.15, 0.2) is 22.7 Å². The lowest BCUT2D eigenvalue weighted by Crippen LogP contribution is -2.24. The number of carbonyl (C=O) groups is 1. The van der Waals surface area contributed by atoms with Gasteiger partial charge in [-0.1, -0.05) is 6.07 Å². The van der Waals surface area contributed by atoms with Crippen LogP contribution >= 0.6 is 15.9 Å². The summed E-state index contributed by atoms with van der Waals surface area (Å²) in [5.41, 5.74) is 1.01. The van der Waals surface area contributed by atoms with Crippen LogP contribution in [0.3, 0.4) is 0 Å². The molecule has 1 rings (SSSR count). The first-order valence-corrected chi connectivity index (χ1v) is 5.57. The molecule has 0 radical (unpaired) electrons. The molecule has 0 amide bonds. The van der Waals surface area contributed by atoms with E-state index in [1.807, 2.05) is 6.92 Å². The molecular weight excluding hydrogens is 279 g/mol. The minimum absolute atomic E-state index is 0.123. The van der Waals surface area contributed by atoms with Crippen molar-refractivity contribution in [2.75, 3.05) is 6.61 Å². The van der Waals surface area contributed by atoms with Crippen molar-refractivity contribution in [3.05, 3.63) is 28.2 Å². The Morgan fingerprint density at radius 2 is 2.25 bits per heavy atom. The second kappa shape index (κ2) is 5.84. The number of carbonyl (C=O) groups excluding carboxylic acids is 1. The van der Waals surface area contributed by atoms with Crippen molar-refractivity contribution in [3.63, 3.8) is 0 Å². The SMILES string of the molecule is CCOC(=O)C(F)Oc1ccc(C)cc1Br. The number of rotatable bonds is 4. The molecule has 0 heterocycles. The second-order valence-electron chi connectivity index (χ2n) is 3.12. The van der Waals surface area contributed by atoms with Gasteiger partial charge in [0.25, 0.3) is 0 Å². The van der Waals surface area contributed by atoms with Crippen molar-refractivity contribution >= 4 is 21.9 Å². The summed E-state index contributed by atoms with van der Waals surface area (Å²) in [4.78, 5) is 11.0. The number of hydrogen-bond acceptors (Lipinski definition) is 3. The highest BCUT2D eigenvalue weighted by atomic mass is 79.9. The summed E-state index contributed by atoms with van der Waals surface area (Å²) in [5.74, 6) is -0.749. The van der Waals surface area contributed by atoms with Crippen LogP contribution in [-0.2, 0) is 9.53 Å². The normalized spacial score (nSPS) is 12.0. The van der Waals surface area contributed by atoms with Gasteiger partial charge in [-0.25, -0.2) is 4.79 Å². The van der Waals surface area contributed by atoms with Gasteiger partial charge < -0.3 is 9.47 Å². The first-order chi connectivity index (χ1) is 7.54. The van der Waals surface area contributed by atoms with E-state index >= 15 is 0 Å². The quantitative estimate of drug-likeness (QED) is 0.800. The highest BCUT2D eigenvalue weighted by molar-refractivity contribution is 9.10. The van der Waals surface area contributed by atoms with Gasteiger partial charge in [0.05, 0.1) is 11.1 Å². The van der Waals surface area contributed by atoms with E-state index in [4.69, 9.17) is 4.74 Å². The van der Waals surface area contributed by atoms with Gasteiger partial charge in [0, 0.05) is 0 Å². The van der Waals surface area contributed by atoms with Gasteiger partial charge in [0.1, 0.15) is 5.75 Å². The number of ether oxygens (including phenoxy) is 2. The van der Waals surface area contributed by atoms with E-state index in [2.05, 4.69) is 20.7 Å². The van der Waals surface area contributed by atoms with Crippen LogP contribution in [-0.4, -0.2) is 18.9 Å². The maximum absolute atomic E-state index is 13.2. The maximum atomic E-state index is 13.2. The molecule has 0 saturated carbocycles. The Balaban J connectivity index is 2.69. The lowest BCUT2D eigenvalue weighted by atomic mass is 10.2. The lowest BCUT2D eigenvalue weighted by Gasteiger charge is -2.11. The van der Waals surface area contributed by atoms with Crippen molar-refractivity contribution in [1.29, 1.82) is 0 Å². The van der Waals surface area contributed by atoms with E-state index in [0.717, 1.165) is 5.56 Å². The van der Waals surface area contributed by atoms with E-state index in [1.54, 1.807) is 25.1 Å². The van der Waals surface area contributed by atoms with Gasteiger partial charge in [-0.15, -0.1) is 0 Å². The minimum Gasteiger partial charge on any atom is -0.461 e. The zero-order chi connectivity index (χ0) is 12.1. The van der Waals surface area contributed by atoms with Crippen molar-refractivity contribution in [2.24, 2.45) is 0 Å². The Kier molecular flexibility index (Phi) is 4.73. The minimum atomic E-state index is -2.10. The molecule has 3 nitrogen and oxygen atoms in total.